The van der Waals surface area contributed by atoms with Gasteiger partial charge in [0, 0.05) is 11.1 Å². The van der Waals surface area contributed by atoms with Crippen LogP contribution in [0.1, 0.15) is 22.7 Å². The Morgan fingerprint density at radius 3 is 2.65 bits per heavy atom. The van der Waals surface area contributed by atoms with Crippen LogP contribution in [0.25, 0.3) is 0 Å². The highest BCUT2D eigenvalue weighted by Gasteiger charge is 2.15. The lowest BCUT2D eigenvalue weighted by atomic mass is 9.95. The van der Waals surface area contributed by atoms with Crippen LogP contribution in [-0.2, 0) is 6.42 Å². The van der Waals surface area contributed by atoms with Crippen LogP contribution in [0.2, 0.25) is 5.02 Å². The highest BCUT2D eigenvalue weighted by atomic mass is 35.5. The number of rotatable bonds is 5. The molecular weight excluding hydrogens is 270 g/mol. The van der Waals surface area contributed by atoms with Crippen LogP contribution in [0.3, 0.4) is 0 Å². The number of likely N-dealkylation sites (N-methyl/N-ethyl adjacent to an activating group) is 1. The molecule has 20 heavy (non-hydrogen) atoms. The van der Waals surface area contributed by atoms with Crippen LogP contribution in [0.5, 0.6) is 5.75 Å². The molecule has 0 aromatic heterocycles. The molecule has 1 unspecified atom stereocenters. The molecule has 0 aliphatic heterocycles. The van der Waals surface area contributed by atoms with E-state index in [-0.39, 0.29) is 6.04 Å². The number of halogens is 1. The summed E-state index contributed by atoms with van der Waals surface area (Å²) < 4.78 is 5.43. The van der Waals surface area contributed by atoms with Gasteiger partial charge in [-0.05, 0) is 55.3 Å². The summed E-state index contributed by atoms with van der Waals surface area (Å²) in [5.74, 6) is 0.924. The Morgan fingerprint density at radius 2 is 1.95 bits per heavy atom. The Hall–Kier alpha value is -1.51. The van der Waals surface area contributed by atoms with Crippen LogP contribution in [0.4, 0.5) is 0 Å². The predicted octanol–water partition coefficient (Wildman–Crippen LogP) is 4.16. The molecule has 0 aliphatic rings. The first-order chi connectivity index (χ1) is 9.65. The Morgan fingerprint density at radius 1 is 1.20 bits per heavy atom. The molecule has 0 amide bonds. The second-order valence-electron chi connectivity index (χ2n) is 4.86. The molecule has 0 aliphatic carbocycles. The molecule has 0 saturated heterocycles. The first-order valence-electron chi connectivity index (χ1n) is 6.71. The third kappa shape index (κ3) is 3.33. The molecule has 1 atom stereocenters. The Bertz CT molecular complexity index is 583. The third-order valence-corrected chi connectivity index (χ3v) is 3.82. The van der Waals surface area contributed by atoms with E-state index < -0.39 is 0 Å². The minimum absolute atomic E-state index is 0.213. The monoisotopic (exact) mass is 289 g/mol. The Kier molecular flexibility index (Phi) is 5.05. The van der Waals surface area contributed by atoms with Gasteiger partial charge < -0.3 is 10.1 Å². The summed E-state index contributed by atoms with van der Waals surface area (Å²) in [7, 11) is 3.68. The molecule has 0 bridgehead atoms. The average molecular weight is 290 g/mol. The molecule has 0 saturated carbocycles. The van der Waals surface area contributed by atoms with Gasteiger partial charge in [-0.25, -0.2) is 0 Å². The fourth-order valence-electron chi connectivity index (χ4n) is 2.45. The standard InChI is InChI=1S/C17H20ClNO/c1-12-8-9-14(18)11-15(12)16(19-2)10-13-6-4-5-7-17(13)20-3/h4-9,11,16,19H,10H2,1-3H3. The summed E-state index contributed by atoms with van der Waals surface area (Å²) >= 11 is 6.13. The van der Waals surface area contributed by atoms with Crippen molar-refractivity contribution in [3.8, 4) is 5.75 Å². The maximum atomic E-state index is 6.13. The van der Waals surface area contributed by atoms with E-state index in [0.717, 1.165) is 17.2 Å². The van der Waals surface area contributed by atoms with Crippen molar-refractivity contribution >= 4 is 11.6 Å². The lowest BCUT2D eigenvalue weighted by molar-refractivity contribution is 0.406. The first kappa shape index (κ1) is 14.9. The number of benzene rings is 2. The molecule has 2 aromatic carbocycles. The number of hydrogen-bond donors (Lipinski definition) is 1. The summed E-state index contributed by atoms with van der Waals surface area (Å²) in [6.07, 6.45) is 0.863. The molecule has 106 valence electrons. The molecule has 0 spiro atoms. The van der Waals surface area contributed by atoms with Crippen LogP contribution in [0.15, 0.2) is 42.5 Å². The van der Waals surface area contributed by atoms with Crippen molar-refractivity contribution in [3.05, 3.63) is 64.2 Å². The van der Waals surface area contributed by atoms with Crippen LogP contribution in [0, 0.1) is 6.92 Å². The van der Waals surface area contributed by atoms with E-state index in [1.54, 1.807) is 7.11 Å². The smallest absolute Gasteiger partial charge is 0.122 e. The molecule has 0 radical (unpaired) electrons. The lowest BCUT2D eigenvalue weighted by Crippen LogP contribution is -2.20. The van der Waals surface area contributed by atoms with Crippen molar-refractivity contribution in [1.82, 2.24) is 5.32 Å². The van der Waals surface area contributed by atoms with Gasteiger partial charge in [-0.1, -0.05) is 35.9 Å². The molecule has 0 heterocycles. The summed E-state index contributed by atoms with van der Waals surface area (Å²) in [6.45, 7) is 2.11. The topological polar surface area (TPSA) is 21.3 Å². The molecule has 2 rings (SSSR count). The van der Waals surface area contributed by atoms with Gasteiger partial charge in [0.2, 0.25) is 0 Å². The normalized spacial score (nSPS) is 12.2. The molecule has 1 N–H and O–H groups in total. The lowest BCUT2D eigenvalue weighted by Gasteiger charge is -2.20. The van der Waals surface area contributed by atoms with E-state index in [1.807, 2.05) is 37.4 Å². The minimum Gasteiger partial charge on any atom is -0.496 e. The van der Waals surface area contributed by atoms with Crippen LogP contribution >= 0.6 is 11.6 Å². The Balaban J connectivity index is 2.31. The summed E-state index contributed by atoms with van der Waals surface area (Å²) in [5.41, 5.74) is 3.66. The Labute approximate surface area is 125 Å². The highest BCUT2D eigenvalue weighted by Crippen LogP contribution is 2.28. The summed E-state index contributed by atoms with van der Waals surface area (Å²) in [4.78, 5) is 0. The van der Waals surface area contributed by atoms with E-state index in [2.05, 4.69) is 24.4 Å². The van der Waals surface area contributed by atoms with E-state index >= 15 is 0 Å². The minimum atomic E-state index is 0.213. The van der Waals surface area contributed by atoms with Crippen molar-refractivity contribution in [1.29, 1.82) is 0 Å². The number of nitrogens with one attached hydrogen (secondary N) is 1. The van der Waals surface area contributed by atoms with E-state index in [1.165, 1.54) is 16.7 Å². The fraction of sp³-hybridized carbons (Fsp3) is 0.294. The molecule has 0 fully saturated rings. The first-order valence-corrected chi connectivity index (χ1v) is 7.08. The highest BCUT2D eigenvalue weighted by molar-refractivity contribution is 6.30. The predicted molar refractivity (Wildman–Crippen MR) is 84.7 cm³/mol. The molecule has 3 heteroatoms. The van der Waals surface area contributed by atoms with Crippen molar-refractivity contribution < 1.29 is 4.74 Å². The van der Waals surface area contributed by atoms with Crippen molar-refractivity contribution in [2.45, 2.75) is 19.4 Å². The number of ether oxygens (including phenoxy) is 1. The van der Waals surface area contributed by atoms with E-state index in [4.69, 9.17) is 16.3 Å². The molecule has 2 aromatic rings. The van der Waals surface area contributed by atoms with Gasteiger partial charge in [-0.2, -0.15) is 0 Å². The molecule has 2 nitrogen and oxygen atoms in total. The average Bonchev–Trinajstić information content (AvgIpc) is 2.48. The SMILES string of the molecule is CNC(Cc1ccccc1OC)c1cc(Cl)ccc1C. The number of methoxy groups -OCH3 is 1. The largest absolute Gasteiger partial charge is 0.496 e. The van der Waals surface area contributed by atoms with Gasteiger partial charge >= 0.3 is 0 Å². The zero-order chi connectivity index (χ0) is 14.5. The van der Waals surface area contributed by atoms with Gasteiger partial charge in [0.05, 0.1) is 7.11 Å². The van der Waals surface area contributed by atoms with Crippen molar-refractivity contribution in [3.63, 3.8) is 0 Å². The van der Waals surface area contributed by atoms with Crippen molar-refractivity contribution in [2.75, 3.05) is 14.2 Å². The van der Waals surface area contributed by atoms with Gasteiger partial charge in [0.25, 0.3) is 0 Å². The van der Waals surface area contributed by atoms with Gasteiger partial charge in [-0.15, -0.1) is 0 Å². The van der Waals surface area contributed by atoms with Gasteiger partial charge in [0.15, 0.2) is 0 Å². The van der Waals surface area contributed by atoms with E-state index in [9.17, 15) is 0 Å². The number of aryl methyl sites for hydroxylation is 1. The second-order valence-corrected chi connectivity index (χ2v) is 5.29. The van der Waals surface area contributed by atoms with Gasteiger partial charge in [0.1, 0.15) is 5.75 Å². The third-order valence-electron chi connectivity index (χ3n) is 3.58. The summed E-state index contributed by atoms with van der Waals surface area (Å²) in [5, 5.41) is 4.14. The van der Waals surface area contributed by atoms with Crippen LogP contribution in [-0.4, -0.2) is 14.2 Å². The number of hydrogen-bond acceptors (Lipinski definition) is 2. The zero-order valence-corrected chi connectivity index (χ0v) is 12.9. The maximum Gasteiger partial charge on any atom is 0.122 e. The number of para-hydroxylation sites is 1. The van der Waals surface area contributed by atoms with Crippen molar-refractivity contribution in [2.24, 2.45) is 0 Å². The fourth-order valence-corrected chi connectivity index (χ4v) is 2.63. The van der Waals surface area contributed by atoms with Gasteiger partial charge in [-0.3, -0.25) is 0 Å². The summed E-state index contributed by atoms with van der Waals surface area (Å²) in [6, 6.07) is 14.4. The maximum absolute atomic E-state index is 6.13. The quantitative estimate of drug-likeness (QED) is 0.892. The van der Waals surface area contributed by atoms with Crippen LogP contribution < -0.4 is 10.1 Å². The second kappa shape index (κ2) is 6.78. The molecular formula is C17H20ClNO. The van der Waals surface area contributed by atoms with E-state index in [0.29, 0.717) is 0 Å². The zero-order valence-electron chi connectivity index (χ0n) is 12.1.